The molecule has 2 N–H and O–H groups in total. The van der Waals surface area contributed by atoms with E-state index in [4.69, 9.17) is 5.73 Å². The largest absolute Gasteiger partial charge is 0.330 e. The van der Waals surface area contributed by atoms with Gasteiger partial charge in [-0.25, -0.2) is 0 Å². The number of nitrogens with two attached hydrogens (primary N) is 1. The zero-order valence-electron chi connectivity index (χ0n) is 9.77. The van der Waals surface area contributed by atoms with Crippen LogP contribution in [0.2, 0.25) is 0 Å². The van der Waals surface area contributed by atoms with E-state index in [2.05, 4.69) is 18.9 Å². The number of rotatable bonds is 2. The highest BCUT2D eigenvalue weighted by molar-refractivity contribution is 4.84. The van der Waals surface area contributed by atoms with Gasteiger partial charge in [0.15, 0.2) is 0 Å². The molecular weight excluding hydrogens is 160 g/mol. The van der Waals surface area contributed by atoms with E-state index >= 15 is 0 Å². The smallest absolute Gasteiger partial charge is 0.00160 e. The summed E-state index contributed by atoms with van der Waals surface area (Å²) in [6.45, 7) is 9.59. The minimum Gasteiger partial charge on any atom is -0.330 e. The van der Waals surface area contributed by atoms with Crippen LogP contribution in [0, 0.1) is 5.41 Å². The molecule has 0 radical (unpaired) electrons. The second-order valence-electron chi connectivity index (χ2n) is 3.86. The summed E-state index contributed by atoms with van der Waals surface area (Å²) in [5.74, 6) is 0. The van der Waals surface area contributed by atoms with Crippen molar-refractivity contribution in [1.29, 1.82) is 0 Å². The lowest BCUT2D eigenvalue weighted by atomic mass is 9.76. The second kappa shape index (κ2) is 6.39. The van der Waals surface area contributed by atoms with Gasteiger partial charge in [0.2, 0.25) is 0 Å². The van der Waals surface area contributed by atoms with Crippen LogP contribution >= 0.6 is 0 Å². The average Bonchev–Trinajstić information content (AvgIpc) is 2.23. The van der Waals surface area contributed by atoms with Crippen molar-refractivity contribution in [3.63, 3.8) is 0 Å². The van der Waals surface area contributed by atoms with Crippen molar-refractivity contribution in [3.8, 4) is 0 Å². The van der Waals surface area contributed by atoms with Crippen LogP contribution in [0.25, 0.3) is 0 Å². The van der Waals surface area contributed by atoms with Crippen molar-refractivity contribution in [3.05, 3.63) is 0 Å². The molecule has 80 valence electrons. The van der Waals surface area contributed by atoms with E-state index < -0.39 is 0 Å². The lowest BCUT2D eigenvalue weighted by Crippen LogP contribution is -2.41. The Kier molecular flexibility index (Phi) is 6.35. The quantitative estimate of drug-likeness (QED) is 0.715. The fraction of sp³-hybridized carbons (Fsp3) is 1.00. The highest BCUT2D eigenvalue weighted by Crippen LogP contribution is 2.32. The standard InChI is InChI=1S/C9H20N2.C2H6/c1-3-9(8-10)4-6-11(2)7-5-9;1-2/h3-8,10H2,1-2H3;1-2H3. The molecule has 0 unspecified atom stereocenters. The molecule has 2 nitrogen and oxygen atoms in total. The zero-order chi connectivity index (χ0) is 10.3. The fourth-order valence-electron chi connectivity index (χ4n) is 1.79. The minimum atomic E-state index is 0.479. The van der Waals surface area contributed by atoms with Gasteiger partial charge in [0, 0.05) is 0 Å². The van der Waals surface area contributed by atoms with Gasteiger partial charge in [-0.15, -0.1) is 0 Å². The normalized spacial score (nSPS) is 21.9. The van der Waals surface area contributed by atoms with E-state index in [1.54, 1.807) is 0 Å². The van der Waals surface area contributed by atoms with Crippen molar-refractivity contribution in [2.45, 2.75) is 40.0 Å². The summed E-state index contributed by atoms with van der Waals surface area (Å²) >= 11 is 0. The summed E-state index contributed by atoms with van der Waals surface area (Å²) in [7, 11) is 2.19. The van der Waals surface area contributed by atoms with Crippen LogP contribution in [0.4, 0.5) is 0 Å². The molecule has 0 aromatic rings. The zero-order valence-corrected chi connectivity index (χ0v) is 9.77. The molecule has 1 fully saturated rings. The van der Waals surface area contributed by atoms with Crippen molar-refractivity contribution < 1.29 is 0 Å². The molecule has 13 heavy (non-hydrogen) atoms. The van der Waals surface area contributed by atoms with Gasteiger partial charge < -0.3 is 10.6 Å². The number of hydrogen-bond donors (Lipinski definition) is 1. The summed E-state index contributed by atoms with van der Waals surface area (Å²) in [6.07, 6.45) is 3.82. The van der Waals surface area contributed by atoms with Gasteiger partial charge in [0.25, 0.3) is 0 Å². The maximum atomic E-state index is 5.78. The molecule has 0 aromatic heterocycles. The molecule has 1 heterocycles. The number of nitrogens with zero attached hydrogens (tertiary/aromatic N) is 1. The first-order valence-corrected chi connectivity index (χ1v) is 5.61. The Morgan fingerprint density at radius 1 is 1.23 bits per heavy atom. The number of hydrogen-bond acceptors (Lipinski definition) is 2. The van der Waals surface area contributed by atoms with Gasteiger partial charge in [0.1, 0.15) is 0 Å². The second-order valence-corrected chi connectivity index (χ2v) is 3.86. The summed E-state index contributed by atoms with van der Waals surface area (Å²) in [6, 6.07) is 0. The van der Waals surface area contributed by atoms with Crippen molar-refractivity contribution in [2.24, 2.45) is 11.1 Å². The third-order valence-electron chi connectivity index (χ3n) is 3.23. The molecule has 0 spiro atoms. The van der Waals surface area contributed by atoms with Gasteiger partial charge in [-0.1, -0.05) is 20.8 Å². The Bertz CT molecular complexity index is 109. The topological polar surface area (TPSA) is 29.3 Å². The lowest BCUT2D eigenvalue weighted by molar-refractivity contribution is 0.125. The van der Waals surface area contributed by atoms with Gasteiger partial charge in [-0.3, -0.25) is 0 Å². The molecule has 0 atom stereocenters. The molecule has 1 aliphatic heterocycles. The predicted octanol–water partition coefficient (Wildman–Crippen LogP) is 2.09. The Hall–Kier alpha value is -0.0800. The van der Waals surface area contributed by atoms with Crippen LogP contribution in [0.3, 0.4) is 0 Å². The summed E-state index contributed by atoms with van der Waals surface area (Å²) in [5, 5.41) is 0. The van der Waals surface area contributed by atoms with Crippen LogP contribution in [0.5, 0.6) is 0 Å². The van der Waals surface area contributed by atoms with E-state index in [1.807, 2.05) is 13.8 Å². The highest BCUT2D eigenvalue weighted by Gasteiger charge is 2.29. The maximum absolute atomic E-state index is 5.78. The molecular formula is C11H26N2. The van der Waals surface area contributed by atoms with Crippen LogP contribution < -0.4 is 5.73 Å². The number of likely N-dealkylation sites (tertiary alicyclic amines) is 1. The van der Waals surface area contributed by atoms with E-state index in [-0.39, 0.29) is 0 Å². The van der Waals surface area contributed by atoms with E-state index in [0.717, 1.165) is 6.54 Å². The van der Waals surface area contributed by atoms with E-state index in [0.29, 0.717) is 5.41 Å². The minimum absolute atomic E-state index is 0.479. The van der Waals surface area contributed by atoms with Gasteiger partial charge in [-0.05, 0) is 51.4 Å². The average molecular weight is 186 g/mol. The Labute approximate surface area is 83.5 Å². The summed E-state index contributed by atoms with van der Waals surface area (Å²) in [5.41, 5.74) is 6.25. The Morgan fingerprint density at radius 2 is 1.69 bits per heavy atom. The molecule has 0 bridgehead atoms. The molecule has 0 amide bonds. The third-order valence-corrected chi connectivity index (χ3v) is 3.23. The fourth-order valence-corrected chi connectivity index (χ4v) is 1.79. The molecule has 1 aliphatic rings. The first-order chi connectivity index (χ1) is 6.22. The monoisotopic (exact) mass is 186 g/mol. The first-order valence-electron chi connectivity index (χ1n) is 5.61. The Balaban J connectivity index is 0.000000671. The summed E-state index contributed by atoms with van der Waals surface area (Å²) < 4.78 is 0. The van der Waals surface area contributed by atoms with E-state index in [9.17, 15) is 0 Å². The van der Waals surface area contributed by atoms with Gasteiger partial charge >= 0.3 is 0 Å². The lowest BCUT2D eigenvalue weighted by Gasteiger charge is -2.39. The van der Waals surface area contributed by atoms with Crippen molar-refractivity contribution in [1.82, 2.24) is 4.90 Å². The maximum Gasteiger partial charge on any atom is -0.00160 e. The van der Waals surface area contributed by atoms with E-state index in [1.165, 1.54) is 32.4 Å². The van der Waals surface area contributed by atoms with Gasteiger partial charge in [-0.2, -0.15) is 0 Å². The third kappa shape index (κ3) is 3.65. The SMILES string of the molecule is CC.CCC1(CN)CCN(C)CC1. The molecule has 1 saturated heterocycles. The molecule has 0 aromatic carbocycles. The molecule has 0 aliphatic carbocycles. The van der Waals surface area contributed by atoms with Crippen LogP contribution in [-0.4, -0.2) is 31.6 Å². The van der Waals surface area contributed by atoms with Crippen LogP contribution in [0.15, 0.2) is 0 Å². The summed E-state index contributed by atoms with van der Waals surface area (Å²) in [4.78, 5) is 2.39. The highest BCUT2D eigenvalue weighted by atomic mass is 15.1. The molecule has 1 rings (SSSR count). The van der Waals surface area contributed by atoms with Gasteiger partial charge in [0.05, 0.1) is 0 Å². The Morgan fingerprint density at radius 3 is 2.00 bits per heavy atom. The first kappa shape index (κ1) is 12.9. The van der Waals surface area contributed by atoms with Crippen LogP contribution in [0.1, 0.15) is 40.0 Å². The van der Waals surface area contributed by atoms with Crippen molar-refractivity contribution in [2.75, 3.05) is 26.7 Å². The molecule has 2 heteroatoms. The predicted molar refractivity (Wildman–Crippen MR) is 59.9 cm³/mol. The molecule has 0 saturated carbocycles. The van der Waals surface area contributed by atoms with Crippen LogP contribution in [-0.2, 0) is 0 Å². The van der Waals surface area contributed by atoms with Crippen molar-refractivity contribution >= 4 is 0 Å². The number of piperidine rings is 1.